The normalized spacial score (nSPS) is 18.4. The molecule has 0 radical (unpaired) electrons. The molecule has 108 valence electrons. The molecule has 2 rings (SSSR count). The second-order valence-electron chi connectivity index (χ2n) is 4.79. The zero-order chi connectivity index (χ0) is 14.5. The van der Waals surface area contributed by atoms with Crippen LogP contribution in [0.15, 0.2) is 29.4 Å². The Labute approximate surface area is 119 Å². The first-order valence-corrected chi connectivity index (χ1v) is 6.97. The molecule has 20 heavy (non-hydrogen) atoms. The van der Waals surface area contributed by atoms with Gasteiger partial charge in [0.2, 0.25) is 0 Å². The summed E-state index contributed by atoms with van der Waals surface area (Å²) in [6.45, 7) is 2.57. The number of para-hydroxylation sites is 2. The standard InChI is InChI=1S/C15H21N3O2/c1-3-6-12-11(9-10-16)15(19)18(17-12)13-7-4-5-8-14(13)20-2/h4-5,7-8,11H,3,6,9-10,16H2,1-2H3. The van der Waals surface area contributed by atoms with E-state index in [2.05, 4.69) is 12.0 Å². The molecule has 1 aliphatic rings. The minimum Gasteiger partial charge on any atom is -0.494 e. The van der Waals surface area contributed by atoms with Gasteiger partial charge in [0.1, 0.15) is 11.4 Å². The Morgan fingerprint density at radius 2 is 2.15 bits per heavy atom. The Balaban J connectivity index is 2.34. The van der Waals surface area contributed by atoms with Crippen molar-refractivity contribution in [3.63, 3.8) is 0 Å². The fourth-order valence-corrected chi connectivity index (χ4v) is 2.45. The fraction of sp³-hybridized carbons (Fsp3) is 0.467. The van der Waals surface area contributed by atoms with Crippen molar-refractivity contribution in [1.82, 2.24) is 0 Å². The van der Waals surface area contributed by atoms with Crippen LogP contribution in [0.1, 0.15) is 26.2 Å². The highest BCUT2D eigenvalue weighted by Gasteiger charge is 2.36. The summed E-state index contributed by atoms with van der Waals surface area (Å²) in [6, 6.07) is 7.41. The number of hydrogen-bond donors (Lipinski definition) is 1. The molecule has 1 aromatic rings. The summed E-state index contributed by atoms with van der Waals surface area (Å²) in [6.07, 6.45) is 2.43. The lowest BCUT2D eigenvalue weighted by atomic mass is 9.96. The number of hydrogen-bond acceptors (Lipinski definition) is 4. The summed E-state index contributed by atoms with van der Waals surface area (Å²) in [5.41, 5.74) is 7.23. The zero-order valence-electron chi connectivity index (χ0n) is 12.0. The summed E-state index contributed by atoms with van der Waals surface area (Å²) < 4.78 is 5.31. The van der Waals surface area contributed by atoms with Crippen LogP contribution >= 0.6 is 0 Å². The predicted octanol–water partition coefficient (Wildman–Crippen LogP) is 2.16. The predicted molar refractivity (Wildman–Crippen MR) is 80.0 cm³/mol. The van der Waals surface area contributed by atoms with Gasteiger partial charge >= 0.3 is 0 Å². The minimum absolute atomic E-state index is 0.0107. The van der Waals surface area contributed by atoms with Crippen LogP contribution in [0.25, 0.3) is 0 Å². The van der Waals surface area contributed by atoms with Crippen molar-refractivity contribution < 1.29 is 9.53 Å². The summed E-state index contributed by atoms with van der Waals surface area (Å²) in [4.78, 5) is 12.5. The Hall–Kier alpha value is -1.88. The largest absolute Gasteiger partial charge is 0.494 e. The van der Waals surface area contributed by atoms with Crippen molar-refractivity contribution in [1.29, 1.82) is 0 Å². The number of nitrogens with zero attached hydrogens (tertiary/aromatic N) is 2. The van der Waals surface area contributed by atoms with Gasteiger partial charge in [-0.25, -0.2) is 0 Å². The van der Waals surface area contributed by atoms with Crippen LogP contribution in [0.2, 0.25) is 0 Å². The highest BCUT2D eigenvalue weighted by molar-refractivity contribution is 6.15. The van der Waals surface area contributed by atoms with Gasteiger partial charge in [-0.3, -0.25) is 4.79 Å². The van der Waals surface area contributed by atoms with E-state index in [1.54, 1.807) is 7.11 Å². The first kappa shape index (κ1) is 14.5. The van der Waals surface area contributed by atoms with Crippen molar-refractivity contribution in [3.05, 3.63) is 24.3 Å². The second-order valence-corrected chi connectivity index (χ2v) is 4.79. The van der Waals surface area contributed by atoms with Crippen molar-refractivity contribution in [3.8, 4) is 5.75 Å². The quantitative estimate of drug-likeness (QED) is 0.865. The maximum Gasteiger partial charge on any atom is 0.256 e. The lowest BCUT2D eigenvalue weighted by Crippen LogP contribution is -2.29. The van der Waals surface area contributed by atoms with E-state index in [1.807, 2.05) is 24.3 Å². The molecule has 0 aromatic heterocycles. The molecule has 0 bridgehead atoms. The van der Waals surface area contributed by atoms with Crippen molar-refractivity contribution in [2.45, 2.75) is 26.2 Å². The molecule has 0 aliphatic carbocycles. The Kier molecular flexibility index (Phi) is 4.74. The van der Waals surface area contributed by atoms with Crippen LogP contribution in [0, 0.1) is 5.92 Å². The van der Waals surface area contributed by atoms with Gasteiger partial charge in [0.25, 0.3) is 5.91 Å². The number of hydrazone groups is 1. The number of methoxy groups -OCH3 is 1. The van der Waals surface area contributed by atoms with Gasteiger partial charge in [0.05, 0.1) is 18.7 Å². The molecule has 5 heteroatoms. The van der Waals surface area contributed by atoms with E-state index >= 15 is 0 Å². The number of carbonyl (C=O) groups is 1. The molecule has 0 saturated heterocycles. The lowest BCUT2D eigenvalue weighted by molar-refractivity contribution is -0.119. The molecule has 5 nitrogen and oxygen atoms in total. The molecule has 2 N–H and O–H groups in total. The van der Waals surface area contributed by atoms with E-state index in [0.29, 0.717) is 24.4 Å². The highest BCUT2D eigenvalue weighted by Crippen LogP contribution is 2.33. The van der Waals surface area contributed by atoms with E-state index in [-0.39, 0.29) is 11.8 Å². The van der Waals surface area contributed by atoms with E-state index in [1.165, 1.54) is 5.01 Å². The molecule has 0 fully saturated rings. The molecule has 1 aliphatic heterocycles. The Morgan fingerprint density at radius 1 is 1.40 bits per heavy atom. The maximum absolute atomic E-state index is 12.5. The third kappa shape index (κ3) is 2.67. The molecule has 1 aromatic carbocycles. The summed E-state index contributed by atoms with van der Waals surface area (Å²) in [5.74, 6) is 0.446. The van der Waals surface area contributed by atoms with Crippen LogP contribution in [-0.2, 0) is 4.79 Å². The van der Waals surface area contributed by atoms with Gasteiger partial charge in [-0.05, 0) is 31.5 Å². The average Bonchev–Trinajstić information content (AvgIpc) is 2.77. The van der Waals surface area contributed by atoms with Crippen LogP contribution in [0.3, 0.4) is 0 Å². The van der Waals surface area contributed by atoms with E-state index in [9.17, 15) is 4.79 Å². The number of carbonyl (C=O) groups excluding carboxylic acids is 1. The maximum atomic E-state index is 12.5. The SMILES string of the molecule is CCCC1=NN(c2ccccc2OC)C(=O)C1CCN. The van der Waals surface area contributed by atoms with Gasteiger partial charge in [-0.2, -0.15) is 10.1 Å². The molecule has 0 spiro atoms. The van der Waals surface area contributed by atoms with Gasteiger partial charge in [0, 0.05) is 0 Å². The molecule has 1 unspecified atom stereocenters. The molecular weight excluding hydrogens is 254 g/mol. The fourth-order valence-electron chi connectivity index (χ4n) is 2.45. The lowest BCUT2D eigenvalue weighted by Gasteiger charge is -2.16. The number of rotatable bonds is 6. The second kappa shape index (κ2) is 6.52. The van der Waals surface area contributed by atoms with Crippen molar-refractivity contribution in [2.75, 3.05) is 18.7 Å². The molecule has 1 amide bonds. The van der Waals surface area contributed by atoms with Gasteiger partial charge in [-0.15, -0.1) is 0 Å². The first-order valence-electron chi connectivity index (χ1n) is 6.97. The van der Waals surface area contributed by atoms with Crippen LogP contribution < -0.4 is 15.5 Å². The highest BCUT2D eigenvalue weighted by atomic mass is 16.5. The van der Waals surface area contributed by atoms with E-state index in [4.69, 9.17) is 10.5 Å². The van der Waals surface area contributed by atoms with Crippen molar-refractivity contribution >= 4 is 17.3 Å². The smallest absolute Gasteiger partial charge is 0.256 e. The van der Waals surface area contributed by atoms with Crippen molar-refractivity contribution in [2.24, 2.45) is 16.8 Å². The molecule has 1 heterocycles. The molecule has 0 saturated carbocycles. The van der Waals surface area contributed by atoms with Gasteiger partial charge in [-0.1, -0.05) is 25.5 Å². The number of ether oxygens (including phenoxy) is 1. The average molecular weight is 275 g/mol. The molecular formula is C15H21N3O2. The number of nitrogens with two attached hydrogens (primary N) is 1. The van der Waals surface area contributed by atoms with Crippen LogP contribution in [0.5, 0.6) is 5.75 Å². The minimum atomic E-state index is -0.190. The number of benzene rings is 1. The zero-order valence-corrected chi connectivity index (χ0v) is 12.0. The third-order valence-electron chi connectivity index (χ3n) is 3.41. The topological polar surface area (TPSA) is 67.9 Å². The van der Waals surface area contributed by atoms with Gasteiger partial charge < -0.3 is 10.5 Å². The number of anilines is 1. The molecule has 1 atom stereocenters. The third-order valence-corrected chi connectivity index (χ3v) is 3.41. The number of amides is 1. The van der Waals surface area contributed by atoms with E-state index in [0.717, 1.165) is 18.6 Å². The Bertz CT molecular complexity index is 514. The van der Waals surface area contributed by atoms with E-state index < -0.39 is 0 Å². The van der Waals surface area contributed by atoms with Gasteiger partial charge in [0.15, 0.2) is 0 Å². The summed E-state index contributed by atoms with van der Waals surface area (Å²) in [5, 5.41) is 5.97. The van der Waals surface area contributed by atoms with Crippen LogP contribution in [-0.4, -0.2) is 25.3 Å². The summed E-state index contributed by atoms with van der Waals surface area (Å²) >= 11 is 0. The Morgan fingerprint density at radius 3 is 2.80 bits per heavy atom. The summed E-state index contributed by atoms with van der Waals surface area (Å²) in [7, 11) is 1.59. The monoisotopic (exact) mass is 275 g/mol. The van der Waals surface area contributed by atoms with Crippen LogP contribution in [0.4, 0.5) is 5.69 Å². The first-order chi connectivity index (χ1) is 9.72.